The van der Waals surface area contributed by atoms with Gasteiger partial charge in [0.15, 0.2) is 5.96 Å². The average Bonchev–Trinajstić information content (AvgIpc) is 2.96. The Balaban J connectivity index is 2.54. The highest BCUT2D eigenvalue weighted by Crippen LogP contribution is 2.22. The van der Waals surface area contributed by atoms with Crippen LogP contribution in [0, 0.1) is 0 Å². The number of rotatable bonds is 7. The van der Waals surface area contributed by atoms with Crippen LogP contribution in [0.2, 0.25) is 0 Å². The summed E-state index contributed by atoms with van der Waals surface area (Å²) in [6.45, 7) is 5.60. The predicted molar refractivity (Wildman–Crippen MR) is 91.2 cm³/mol. The quantitative estimate of drug-likeness (QED) is 0.597. The molecule has 1 unspecified atom stereocenters. The van der Waals surface area contributed by atoms with E-state index in [9.17, 15) is 0 Å². The van der Waals surface area contributed by atoms with E-state index in [2.05, 4.69) is 52.1 Å². The second kappa shape index (κ2) is 8.36. The molecule has 2 N–H and O–H groups in total. The van der Waals surface area contributed by atoms with Gasteiger partial charge in [0.1, 0.15) is 0 Å². The Bertz CT molecular complexity index is 429. The molecule has 0 saturated carbocycles. The van der Waals surface area contributed by atoms with E-state index in [-0.39, 0.29) is 5.60 Å². The summed E-state index contributed by atoms with van der Waals surface area (Å²) in [6.07, 6.45) is 0. The third-order valence-corrected chi connectivity index (χ3v) is 4.39. The highest BCUT2D eigenvalue weighted by Gasteiger charge is 2.18. The van der Waals surface area contributed by atoms with Crippen LogP contribution in [-0.2, 0) is 4.74 Å². The summed E-state index contributed by atoms with van der Waals surface area (Å²) in [5.41, 5.74) is -0.216. The van der Waals surface area contributed by atoms with E-state index in [1.807, 2.05) is 13.8 Å². The molecule has 21 heavy (non-hydrogen) atoms. The molecule has 1 rings (SSSR count). The molecular weight excluding hydrogens is 284 g/mol. The molecule has 6 heteroatoms. The molecule has 120 valence electrons. The minimum Gasteiger partial charge on any atom is -0.377 e. The van der Waals surface area contributed by atoms with Gasteiger partial charge in [-0.25, -0.2) is 0 Å². The highest BCUT2D eigenvalue weighted by molar-refractivity contribution is 7.10. The lowest BCUT2D eigenvalue weighted by molar-refractivity contribution is 0.0268. The van der Waals surface area contributed by atoms with Gasteiger partial charge in [-0.3, -0.25) is 4.99 Å². The molecule has 1 aromatic heterocycles. The molecule has 0 aliphatic heterocycles. The lowest BCUT2D eigenvalue weighted by atomic mass is 10.1. The Labute approximate surface area is 132 Å². The third-order valence-electron chi connectivity index (χ3n) is 3.42. The minimum absolute atomic E-state index is 0.216. The molecular formula is C15H28N4OS. The number of nitrogens with zero attached hydrogens (tertiary/aromatic N) is 2. The van der Waals surface area contributed by atoms with Crippen molar-refractivity contribution in [2.75, 3.05) is 41.3 Å². The van der Waals surface area contributed by atoms with Crippen molar-refractivity contribution in [3.05, 3.63) is 22.4 Å². The van der Waals surface area contributed by atoms with Gasteiger partial charge < -0.3 is 20.3 Å². The lowest BCUT2D eigenvalue weighted by Gasteiger charge is -2.27. The summed E-state index contributed by atoms with van der Waals surface area (Å²) >= 11 is 1.78. The van der Waals surface area contributed by atoms with Gasteiger partial charge in [0, 0.05) is 32.1 Å². The van der Waals surface area contributed by atoms with Crippen LogP contribution < -0.4 is 10.6 Å². The molecule has 0 fully saturated rings. The summed E-state index contributed by atoms with van der Waals surface area (Å²) in [5.74, 6) is 0.795. The van der Waals surface area contributed by atoms with Crippen molar-refractivity contribution >= 4 is 17.3 Å². The normalized spacial score (nSPS) is 14.3. The van der Waals surface area contributed by atoms with Gasteiger partial charge in [-0.2, -0.15) is 0 Å². The summed E-state index contributed by atoms with van der Waals surface area (Å²) in [4.78, 5) is 7.82. The molecule has 0 aromatic carbocycles. The number of aliphatic imine (C=N–C) groups is 1. The number of methoxy groups -OCH3 is 1. The number of hydrogen-bond acceptors (Lipinski definition) is 4. The van der Waals surface area contributed by atoms with Gasteiger partial charge in [0.05, 0.1) is 11.6 Å². The maximum absolute atomic E-state index is 5.40. The van der Waals surface area contributed by atoms with E-state index < -0.39 is 0 Å². The van der Waals surface area contributed by atoms with Crippen LogP contribution in [0.25, 0.3) is 0 Å². The first-order valence-electron chi connectivity index (χ1n) is 7.09. The first-order valence-corrected chi connectivity index (χ1v) is 7.97. The smallest absolute Gasteiger partial charge is 0.191 e. The van der Waals surface area contributed by atoms with Crippen LogP contribution in [0.15, 0.2) is 22.5 Å². The third kappa shape index (κ3) is 6.03. The van der Waals surface area contributed by atoms with Crippen molar-refractivity contribution in [2.45, 2.75) is 25.5 Å². The zero-order valence-corrected chi connectivity index (χ0v) is 14.8. The number of guanidine groups is 1. The Kier molecular flexibility index (Phi) is 7.14. The average molecular weight is 312 g/mol. The van der Waals surface area contributed by atoms with Crippen LogP contribution >= 0.6 is 11.3 Å². The summed E-state index contributed by atoms with van der Waals surface area (Å²) in [7, 11) is 7.69. The molecule has 0 saturated heterocycles. The Morgan fingerprint density at radius 2 is 2.14 bits per heavy atom. The second-order valence-electron chi connectivity index (χ2n) is 5.77. The summed E-state index contributed by atoms with van der Waals surface area (Å²) < 4.78 is 5.40. The lowest BCUT2D eigenvalue weighted by Crippen LogP contribution is -2.47. The molecule has 5 nitrogen and oxygen atoms in total. The van der Waals surface area contributed by atoms with Crippen LogP contribution in [0.3, 0.4) is 0 Å². The van der Waals surface area contributed by atoms with Crippen molar-refractivity contribution in [3.8, 4) is 0 Å². The Morgan fingerprint density at radius 1 is 1.43 bits per heavy atom. The van der Waals surface area contributed by atoms with Gasteiger partial charge in [-0.1, -0.05) is 6.07 Å². The number of ether oxygens (including phenoxy) is 1. The largest absolute Gasteiger partial charge is 0.377 e. The molecule has 0 radical (unpaired) electrons. The van der Waals surface area contributed by atoms with Crippen molar-refractivity contribution in [2.24, 2.45) is 4.99 Å². The van der Waals surface area contributed by atoms with E-state index in [0.29, 0.717) is 12.6 Å². The first kappa shape index (κ1) is 17.9. The predicted octanol–water partition coefficient (Wildman–Crippen LogP) is 1.94. The van der Waals surface area contributed by atoms with E-state index >= 15 is 0 Å². The van der Waals surface area contributed by atoms with Gasteiger partial charge in [0.25, 0.3) is 0 Å². The van der Waals surface area contributed by atoms with Crippen molar-refractivity contribution < 1.29 is 4.74 Å². The van der Waals surface area contributed by atoms with Crippen LogP contribution in [0.5, 0.6) is 0 Å². The Hall–Kier alpha value is -1.11. The van der Waals surface area contributed by atoms with E-state index in [4.69, 9.17) is 4.74 Å². The maximum atomic E-state index is 5.40. The van der Waals surface area contributed by atoms with E-state index in [1.165, 1.54) is 4.88 Å². The molecule has 1 atom stereocenters. The molecule has 0 spiro atoms. The number of hydrogen-bond donors (Lipinski definition) is 2. The van der Waals surface area contributed by atoms with Crippen molar-refractivity contribution in [3.63, 3.8) is 0 Å². The van der Waals surface area contributed by atoms with Crippen LogP contribution in [-0.4, -0.2) is 57.8 Å². The summed E-state index contributed by atoms with van der Waals surface area (Å²) in [5, 5.41) is 8.79. The van der Waals surface area contributed by atoms with Gasteiger partial charge in [0.2, 0.25) is 0 Å². The highest BCUT2D eigenvalue weighted by atomic mass is 32.1. The van der Waals surface area contributed by atoms with Crippen molar-refractivity contribution in [1.82, 2.24) is 15.5 Å². The molecule has 1 heterocycles. The standard InChI is InChI=1S/C15H28N4OS/c1-15(2,20-6)11-18-14(16-3)17-10-12(19(4)5)13-8-7-9-21-13/h7-9,12H,10-11H2,1-6H3,(H2,16,17,18). The van der Waals surface area contributed by atoms with Crippen LogP contribution in [0.1, 0.15) is 24.8 Å². The van der Waals surface area contributed by atoms with Gasteiger partial charge >= 0.3 is 0 Å². The fraction of sp³-hybridized carbons (Fsp3) is 0.667. The maximum Gasteiger partial charge on any atom is 0.191 e. The van der Waals surface area contributed by atoms with Gasteiger partial charge in [-0.15, -0.1) is 11.3 Å². The number of nitrogens with one attached hydrogen (secondary N) is 2. The SMILES string of the molecule is CN=C(NCC(c1cccs1)N(C)C)NCC(C)(C)OC. The second-order valence-corrected chi connectivity index (χ2v) is 6.74. The Morgan fingerprint density at radius 3 is 2.62 bits per heavy atom. The molecule has 1 aromatic rings. The van der Waals surface area contributed by atoms with Crippen molar-refractivity contribution in [1.29, 1.82) is 0 Å². The monoisotopic (exact) mass is 312 g/mol. The fourth-order valence-electron chi connectivity index (χ4n) is 1.80. The summed E-state index contributed by atoms with van der Waals surface area (Å²) in [6, 6.07) is 4.59. The van der Waals surface area contributed by atoms with E-state index in [0.717, 1.165) is 12.5 Å². The first-order chi connectivity index (χ1) is 9.89. The number of thiophene rings is 1. The zero-order valence-electron chi connectivity index (χ0n) is 13.9. The molecule has 0 amide bonds. The van der Waals surface area contributed by atoms with E-state index in [1.54, 1.807) is 25.5 Å². The molecule has 0 bridgehead atoms. The number of likely N-dealkylation sites (N-methyl/N-ethyl adjacent to an activating group) is 1. The molecule has 0 aliphatic rings. The fourth-order valence-corrected chi connectivity index (χ4v) is 2.72. The topological polar surface area (TPSA) is 48.9 Å². The van der Waals surface area contributed by atoms with Crippen LogP contribution in [0.4, 0.5) is 0 Å². The van der Waals surface area contributed by atoms with Gasteiger partial charge in [-0.05, 0) is 39.4 Å². The zero-order chi connectivity index (χ0) is 15.9. The molecule has 0 aliphatic carbocycles. The minimum atomic E-state index is -0.216.